The Balaban J connectivity index is 2.18. The van der Waals surface area contributed by atoms with E-state index in [0.717, 1.165) is 5.56 Å². The fraction of sp³-hybridized carbons (Fsp3) is 0.400. The number of anilines is 1. The van der Waals surface area contributed by atoms with Gasteiger partial charge in [-0.2, -0.15) is 4.31 Å². The number of nitrogens with zero attached hydrogens (tertiary/aromatic N) is 1. The summed E-state index contributed by atoms with van der Waals surface area (Å²) in [6.07, 6.45) is 0. The first kappa shape index (κ1) is 11.4. The first-order valence-electron chi connectivity index (χ1n) is 4.98. The summed E-state index contributed by atoms with van der Waals surface area (Å²) < 4.78 is 29.6. The van der Waals surface area contributed by atoms with Crippen LogP contribution in [-0.4, -0.2) is 31.8 Å². The Morgan fingerprint density at radius 1 is 1.38 bits per heavy atom. The van der Waals surface area contributed by atoms with Crippen molar-refractivity contribution >= 4 is 15.7 Å². The zero-order valence-corrected chi connectivity index (χ0v) is 9.61. The third-order valence-electron chi connectivity index (χ3n) is 2.51. The molecule has 0 bridgehead atoms. The zero-order valence-electron chi connectivity index (χ0n) is 8.80. The van der Waals surface area contributed by atoms with Crippen LogP contribution in [0.2, 0.25) is 0 Å². The number of nitrogen functional groups attached to an aromatic ring is 1. The summed E-state index contributed by atoms with van der Waals surface area (Å²) in [7, 11) is -3.28. The average Bonchev–Trinajstić information content (AvgIpc) is 2.24. The average molecular weight is 242 g/mol. The summed E-state index contributed by atoms with van der Waals surface area (Å²) in [6.45, 7) is 1.14. The van der Waals surface area contributed by atoms with Gasteiger partial charge in [-0.1, -0.05) is 18.2 Å². The van der Waals surface area contributed by atoms with E-state index in [4.69, 9.17) is 10.5 Å². The summed E-state index contributed by atoms with van der Waals surface area (Å²) in [5.41, 5.74) is 7.22. The molecule has 0 spiro atoms. The summed E-state index contributed by atoms with van der Waals surface area (Å²) in [5, 5.41) is 0. The van der Waals surface area contributed by atoms with Gasteiger partial charge in [-0.25, -0.2) is 8.42 Å². The minimum Gasteiger partial charge on any atom is -0.398 e. The monoisotopic (exact) mass is 242 g/mol. The second kappa shape index (κ2) is 4.40. The Morgan fingerprint density at radius 3 is 2.81 bits per heavy atom. The van der Waals surface area contributed by atoms with Crippen molar-refractivity contribution in [3.8, 4) is 0 Å². The van der Waals surface area contributed by atoms with Crippen molar-refractivity contribution in [3.63, 3.8) is 0 Å². The number of nitrogens with two attached hydrogens (primary N) is 1. The molecule has 0 unspecified atom stereocenters. The van der Waals surface area contributed by atoms with Crippen LogP contribution in [0, 0.1) is 0 Å². The second-order valence-corrected chi connectivity index (χ2v) is 5.59. The van der Waals surface area contributed by atoms with E-state index in [2.05, 4.69) is 0 Å². The van der Waals surface area contributed by atoms with Crippen LogP contribution in [0.5, 0.6) is 0 Å². The Labute approximate surface area is 94.9 Å². The second-order valence-electron chi connectivity index (χ2n) is 3.67. The van der Waals surface area contributed by atoms with Gasteiger partial charge in [0.05, 0.1) is 6.61 Å². The molecule has 2 N–H and O–H groups in total. The molecule has 0 saturated carbocycles. The number of sulfonamides is 1. The van der Waals surface area contributed by atoms with Crippen molar-refractivity contribution in [3.05, 3.63) is 29.8 Å². The summed E-state index contributed by atoms with van der Waals surface area (Å²) >= 11 is 0. The van der Waals surface area contributed by atoms with Crippen LogP contribution in [0.1, 0.15) is 5.56 Å². The Kier molecular flexibility index (Phi) is 3.13. The van der Waals surface area contributed by atoms with Gasteiger partial charge in [0.15, 0.2) is 5.94 Å². The van der Waals surface area contributed by atoms with E-state index in [9.17, 15) is 8.42 Å². The molecule has 0 aromatic heterocycles. The normalized spacial score (nSPS) is 20.8. The molecule has 0 amide bonds. The van der Waals surface area contributed by atoms with Crippen molar-refractivity contribution < 1.29 is 13.2 Å². The first-order valence-corrected chi connectivity index (χ1v) is 6.59. The fourth-order valence-corrected chi connectivity index (χ4v) is 2.76. The van der Waals surface area contributed by atoms with E-state index in [1.807, 2.05) is 18.2 Å². The van der Waals surface area contributed by atoms with Gasteiger partial charge in [-0.15, -0.1) is 0 Å². The smallest absolute Gasteiger partial charge is 0.238 e. The molecule has 1 aromatic carbocycles. The molecule has 0 aliphatic carbocycles. The largest absolute Gasteiger partial charge is 0.398 e. The molecule has 1 aliphatic heterocycles. The van der Waals surface area contributed by atoms with Gasteiger partial charge in [-0.05, 0) is 11.6 Å². The lowest BCUT2D eigenvalue weighted by Crippen LogP contribution is -2.40. The van der Waals surface area contributed by atoms with Crippen molar-refractivity contribution in [2.45, 2.75) is 6.54 Å². The summed E-state index contributed by atoms with van der Waals surface area (Å²) in [5.74, 6) is -0.236. The summed E-state index contributed by atoms with van der Waals surface area (Å²) in [4.78, 5) is 0. The molecular formula is C10H14N2O3S. The van der Waals surface area contributed by atoms with Gasteiger partial charge >= 0.3 is 0 Å². The van der Waals surface area contributed by atoms with Gasteiger partial charge in [0.1, 0.15) is 0 Å². The Hall–Kier alpha value is -1.11. The molecule has 0 atom stereocenters. The van der Waals surface area contributed by atoms with E-state index >= 15 is 0 Å². The molecule has 0 radical (unpaired) electrons. The van der Waals surface area contributed by atoms with Gasteiger partial charge in [0.25, 0.3) is 0 Å². The van der Waals surface area contributed by atoms with Crippen LogP contribution in [0.25, 0.3) is 0 Å². The van der Waals surface area contributed by atoms with E-state index in [1.54, 1.807) is 6.07 Å². The molecule has 1 fully saturated rings. The molecule has 88 valence electrons. The predicted octanol–water partition coefficient (Wildman–Crippen LogP) is 0.388. The van der Waals surface area contributed by atoms with Gasteiger partial charge in [0.2, 0.25) is 10.0 Å². The van der Waals surface area contributed by atoms with Crippen LogP contribution in [-0.2, 0) is 21.3 Å². The van der Waals surface area contributed by atoms with Crippen molar-refractivity contribution in [1.82, 2.24) is 4.31 Å². The maximum absolute atomic E-state index is 11.7. The molecular weight excluding hydrogens is 228 g/mol. The molecule has 1 aromatic rings. The fourth-order valence-electron chi connectivity index (χ4n) is 1.59. The maximum Gasteiger partial charge on any atom is 0.238 e. The van der Waals surface area contributed by atoms with Crippen LogP contribution in [0.4, 0.5) is 5.69 Å². The lowest BCUT2D eigenvalue weighted by molar-refractivity contribution is 0.130. The van der Waals surface area contributed by atoms with Gasteiger partial charge in [0, 0.05) is 18.8 Å². The van der Waals surface area contributed by atoms with E-state index in [-0.39, 0.29) is 5.94 Å². The topological polar surface area (TPSA) is 72.6 Å². The number of rotatable bonds is 2. The van der Waals surface area contributed by atoms with Crippen LogP contribution >= 0.6 is 0 Å². The highest BCUT2D eigenvalue weighted by atomic mass is 32.2. The number of para-hydroxylation sites is 1. The standard InChI is InChI=1S/C10H14N2O3S/c11-10-4-2-1-3-9(10)7-12-5-6-15-8-16(12,13)14/h1-4H,5-8,11H2. The minimum absolute atomic E-state index is 0.236. The Bertz CT molecular complexity index is 473. The third-order valence-corrected chi connectivity index (χ3v) is 4.08. The highest BCUT2D eigenvalue weighted by Gasteiger charge is 2.26. The molecule has 1 heterocycles. The highest BCUT2D eigenvalue weighted by Crippen LogP contribution is 2.17. The molecule has 5 nitrogen and oxygen atoms in total. The predicted molar refractivity (Wildman–Crippen MR) is 61.0 cm³/mol. The SMILES string of the molecule is Nc1ccccc1CN1CCOCS1(=O)=O. The third kappa shape index (κ3) is 2.34. The van der Waals surface area contributed by atoms with Crippen molar-refractivity contribution in [2.75, 3.05) is 24.8 Å². The van der Waals surface area contributed by atoms with Gasteiger partial charge in [-0.3, -0.25) is 0 Å². The highest BCUT2D eigenvalue weighted by molar-refractivity contribution is 7.88. The molecule has 16 heavy (non-hydrogen) atoms. The van der Waals surface area contributed by atoms with Crippen molar-refractivity contribution in [2.24, 2.45) is 0 Å². The molecule has 2 rings (SSSR count). The van der Waals surface area contributed by atoms with Gasteiger partial charge < -0.3 is 10.5 Å². The van der Waals surface area contributed by atoms with E-state index in [1.165, 1.54) is 4.31 Å². The van der Waals surface area contributed by atoms with Crippen LogP contribution < -0.4 is 5.73 Å². The molecule has 6 heteroatoms. The quantitative estimate of drug-likeness (QED) is 0.761. The minimum atomic E-state index is -3.28. The zero-order chi connectivity index (χ0) is 11.6. The van der Waals surface area contributed by atoms with Crippen molar-refractivity contribution in [1.29, 1.82) is 0 Å². The van der Waals surface area contributed by atoms with E-state index in [0.29, 0.717) is 25.4 Å². The number of benzene rings is 1. The van der Waals surface area contributed by atoms with E-state index < -0.39 is 10.0 Å². The van der Waals surface area contributed by atoms with Crippen LogP contribution in [0.3, 0.4) is 0 Å². The molecule has 1 aliphatic rings. The lowest BCUT2D eigenvalue weighted by Gasteiger charge is -2.26. The first-order chi connectivity index (χ1) is 7.59. The maximum atomic E-state index is 11.7. The number of ether oxygens (including phenoxy) is 1. The lowest BCUT2D eigenvalue weighted by atomic mass is 10.2. The van der Waals surface area contributed by atoms with Crippen LogP contribution in [0.15, 0.2) is 24.3 Å². The Morgan fingerprint density at radius 2 is 2.12 bits per heavy atom. The molecule has 1 saturated heterocycles. The number of hydrogen-bond acceptors (Lipinski definition) is 4. The summed E-state index contributed by atoms with van der Waals surface area (Å²) in [6, 6.07) is 7.27. The number of hydrogen-bond donors (Lipinski definition) is 1.